The zero-order valence-corrected chi connectivity index (χ0v) is 20.5. The third-order valence-electron chi connectivity index (χ3n) is 6.75. The smallest absolute Gasteiger partial charge is 0.247 e. The van der Waals surface area contributed by atoms with Crippen LogP contribution in [-0.2, 0) is 0 Å². The van der Waals surface area contributed by atoms with E-state index in [1.165, 1.54) is 5.56 Å². The number of aromatic nitrogens is 3. The quantitative estimate of drug-likeness (QED) is 0.390. The van der Waals surface area contributed by atoms with Gasteiger partial charge < -0.3 is 23.8 Å². The number of nitrogens with zero attached hydrogens (tertiary/aromatic N) is 3. The number of rotatable bonds is 6. The summed E-state index contributed by atoms with van der Waals surface area (Å²) in [7, 11) is 5.45. The number of H-pyrrole nitrogens is 1. The molecule has 1 aliphatic heterocycles. The number of aromatic amines is 1. The summed E-state index contributed by atoms with van der Waals surface area (Å²) < 4.78 is 17.1. The lowest BCUT2D eigenvalue weighted by Gasteiger charge is -2.27. The molecule has 0 saturated carbocycles. The highest BCUT2D eigenvalue weighted by Gasteiger charge is 2.25. The first-order valence-corrected chi connectivity index (χ1v) is 11.9. The van der Waals surface area contributed by atoms with Crippen LogP contribution in [0.1, 0.15) is 50.0 Å². The molecule has 0 radical (unpaired) electrons. The van der Waals surface area contributed by atoms with Gasteiger partial charge >= 0.3 is 0 Å². The van der Waals surface area contributed by atoms with Gasteiger partial charge in [-0.25, -0.2) is 0 Å². The molecule has 0 bridgehead atoms. The summed E-state index contributed by atoms with van der Waals surface area (Å²) >= 11 is 0. The Morgan fingerprint density at radius 1 is 1.03 bits per heavy atom. The molecule has 1 atom stereocenters. The SMILES string of the molecule is COc1ccc(-c2[nH]c3ccc(-c4nnc(C5CCCN(C)C5)o4)cc3c2C(C)C)cc1OC. The lowest BCUT2D eigenvalue weighted by molar-refractivity contribution is 0.231. The fourth-order valence-electron chi connectivity index (χ4n) is 5.05. The monoisotopic (exact) mass is 460 g/mol. The van der Waals surface area contributed by atoms with Crippen molar-refractivity contribution in [3.05, 3.63) is 47.9 Å². The summed E-state index contributed by atoms with van der Waals surface area (Å²) in [5, 5.41) is 9.96. The van der Waals surface area contributed by atoms with Gasteiger partial charge in [-0.05, 0) is 74.3 Å². The number of methoxy groups -OCH3 is 2. The van der Waals surface area contributed by atoms with E-state index in [-0.39, 0.29) is 0 Å². The topological polar surface area (TPSA) is 76.4 Å². The normalized spacial score (nSPS) is 16.9. The number of benzene rings is 2. The number of hydrogen-bond acceptors (Lipinski definition) is 6. The second kappa shape index (κ2) is 9.14. The molecule has 1 fully saturated rings. The van der Waals surface area contributed by atoms with Gasteiger partial charge in [-0.15, -0.1) is 10.2 Å². The number of nitrogens with one attached hydrogen (secondary N) is 1. The van der Waals surface area contributed by atoms with Crippen molar-refractivity contribution in [3.8, 4) is 34.2 Å². The molecule has 1 aliphatic rings. The average molecular weight is 461 g/mol. The fraction of sp³-hybridized carbons (Fsp3) is 0.407. The average Bonchev–Trinajstić information content (AvgIpc) is 3.48. The molecule has 2 aromatic carbocycles. The maximum atomic E-state index is 6.16. The van der Waals surface area contributed by atoms with Crippen molar-refractivity contribution in [1.29, 1.82) is 0 Å². The molecule has 7 heteroatoms. The van der Waals surface area contributed by atoms with Crippen LogP contribution in [0.3, 0.4) is 0 Å². The minimum atomic E-state index is 0.305. The second-order valence-corrected chi connectivity index (χ2v) is 9.45. The van der Waals surface area contributed by atoms with E-state index in [1.54, 1.807) is 14.2 Å². The number of piperidine rings is 1. The fourth-order valence-corrected chi connectivity index (χ4v) is 5.05. The largest absolute Gasteiger partial charge is 0.493 e. The van der Waals surface area contributed by atoms with E-state index >= 15 is 0 Å². The van der Waals surface area contributed by atoms with Crippen LogP contribution in [0.25, 0.3) is 33.6 Å². The molecular weight excluding hydrogens is 428 g/mol. The van der Waals surface area contributed by atoms with Crippen molar-refractivity contribution in [2.75, 3.05) is 34.4 Å². The van der Waals surface area contributed by atoms with E-state index in [9.17, 15) is 0 Å². The van der Waals surface area contributed by atoms with Gasteiger partial charge in [0.1, 0.15) is 0 Å². The summed E-state index contributed by atoms with van der Waals surface area (Å²) in [6.07, 6.45) is 2.25. The molecule has 34 heavy (non-hydrogen) atoms. The molecule has 0 spiro atoms. The molecule has 1 unspecified atom stereocenters. The number of likely N-dealkylation sites (tertiary alicyclic amines) is 1. The van der Waals surface area contributed by atoms with Crippen LogP contribution < -0.4 is 9.47 Å². The molecule has 178 valence electrons. The van der Waals surface area contributed by atoms with E-state index in [4.69, 9.17) is 13.9 Å². The molecule has 4 aromatic rings. The molecule has 7 nitrogen and oxygen atoms in total. The van der Waals surface area contributed by atoms with Gasteiger partial charge in [-0.2, -0.15) is 0 Å². The van der Waals surface area contributed by atoms with Crippen molar-refractivity contribution in [3.63, 3.8) is 0 Å². The third kappa shape index (κ3) is 4.05. The van der Waals surface area contributed by atoms with Crippen LogP contribution in [0.15, 0.2) is 40.8 Å². The van der Waals surface area contributed by atoms with Crippen LogP contribution in [0.5, 0.6) is 11.5 Å². The Hall–Kier alpha value is -3.32. The standard InChI is InChI=1S/C27H32N4O3/c1-16(2)24-20-13-18(26-29-30-27(34-26)19-7-6-12-31(3)15-19)8-10-21(20)28-25(24)17-9-11-22(32-4)23(14-17)33-5/h8-11,13-14,16,19,28H,6-7,12,15H2,1-5H3. The lowest BCUT2D eigenvalue weighted by Crippen LogP contribution is -2.30. The zero-order valence-electron chi connectivity index (χ0n) is 20.5. The van der Waals surface area contributed by atoms with Crippen molar-refractivity contribution in [2.45, 2.75) is 38.5 Å². The number of hydrogen-bond donors (Lipinski definition) is 1. The number of fused-ring (bicyclic) bond motifs is 1. The summed E-state index contributed by atoms with van der Waals surface area (Å²) in [6.45, 7) is 6.51. The highest BCUT2D eigenvalue weighted by molar-refractivity contribution is 5.94. The van der Waals surface area contributed by atoms with E-state index in [0.717, 1.165) is 59.5 Å². The Balaban J connectivity index is 1.55. The van der Waals surface area contributed by atoms with E-state index in [0.29, 0.717) is 29.2 Å². The van der Waals surface area contributed by atoms with Gasteiger partial charge in [-0.3, -0.25) is 0 Å². The number of ether oxygens (including phenoxy) is 2. The first-order chi connectivity index (χ1) is 16.5. The summed E-state index contributed by atoms with van der Waals surface area (Å²) in [5.74, 6) is 3.36. The molecule has 3 heterocycles. The van der Waals surface area contributed by atoms with Crippen molar-refractivity contribution in [1.82, 2.24) is 20.1 Å². The highest BCUT2D eigenvalue weighted by atomic mass is 16.5. The van der Waals surface area contributed by atoms with E-state index in [1.807, 2.05) is 18.2 Å². The zero-order chi connectivity index (χ0) is 23.8. The van der Waals surface area contributed by atoms with Crippen LogP contribution in [0.4, 0.5) is 0 Å². The number of likely N-dealkylation sites (N-methyl/N-ethyl adjacent to an activating group) is 1. The molecule has 1 saturated heterocycles. The molecular formula is C27H32N4O3. The van der Waals surface area contributed by atoms with Crippen LogP contribution in [0, 0.1) is 0 Å². The first kappa shape index (κ1) is 22.5. The maximum Gasteiger partial charge on any atom is 0.247 e. The Labute approximate surface area is 200 Å². The summed E-state index contributed by atoms with van der Waals surface area (Å²) in [4.78, 5) is 5.95. The van der Waals surface area contributed by atoms with Gasteiger partial charge in [0.25, 0.3) is 0 Å². The first-order valence-electron chi connectivity index (χ1n) is 11.9. The van der Waals surface area contributed by atoms with Crippen molar-refractivity contribution >= 4 is 10.9 Å². The second-order valence-electron chi connectivity index (χ2n) is 9.45. The molecule has 1 N–H and O–H groups in total. The summed E-state index contributed by atoms with van der Waals surface area (Å²) in [6, 6.07) is 12.3. The van der Waals surface area contributed by atoms with Gasteiger partial charge in [0, 0.05) is 28.6 Å². The Bertz CT molecular complexity index is 1310. The van der Waals surface area contributed by atoms with Crippen LogP contribution in [0.2, 0.25) is 0 Å². The van der Waals surface area contributed by atoms with Gasteiger partial charge in [-0.1, -0.05) is 13.8 Å². The minimum Gasteiger partial charge on any atom is -0.493 e. The van der Waals surface area contributed by atoms with E-state index in [2.05, 4.69) is 59.2 Å². The van der Waals surface area contributed by atoms with E-state index < -0.39 is 0 Å². The molecule has 2 aromatic heterocycles. The van der Waals surface area contributed by atoms with Gasteiger partial charge in [0.05, 0.1) is 25.8 Å². The van der Waals surface area contributed by atoms with Crippen molar-refractivity contribution < 1.29 is 13.9 Å². The molecule has 0 aliphatic carbocycles. The summed E-state index contributed by atoms with van der Waals surface area (Å²) in [5.41, 5.74) is 5.40. The maximum absolute atomic E-state index is 6.16. The Morgan fingerprint density at radius 2 is 1.82 bits per heavy atom. The Morgan fingerprint density at radius 3 is 2.56 bits per heavy atom. The molecule has 0 amide bonds. The Kier molecular flexibility index (Phi) is 6.04. The molecule has 5 rings (SSSR count). The lowest BCUT2D eigenvalue weighted by atomic mass is 9.95. The predicted octanol–water partition coefficient (Wildman–Crippen LogP) is 5.83. The van der Waals surface area contributed by atoms with Crippen molar-refractivity contribution in [2.24, 2.45) is 0 Å². The van der Waals surface area contributed by atoms with Gasteiger partial charge in [0.15, 0.2) is 11.5 Å². The third-order valence-corrected chi connectivity index (χ3v) is 6.75. The van der Waals surface area contributed by atoms with Crippen LogP contribution >= 0.6 is 0 Å². The van der Waals surface area contributed by atoms with Gasteiger partial charge in [0.2, 0.25) is 11.8 Å². The minimum absolute atomic E-state index is 0.305. The van der Waals surface area contributed by atoms with Crippen LogP contribution in [-0.4, -0.2) is 54.4 Å². The predicted molar refractivity (Wildman–Crippen MR) is 134 cm³/mol. The highest BCUT2D eigenvalue weighted by Crippen LogP contribution is 2.40.